The molecule has 1 saturated carbocycles. The average Bonchev–Trinajstić information content (AvgIpc) is 3.27. The minimum Gasteiger partial charge on any atom is -0.352 e. The summed E-state index contributed by atoms with van der Waals surface area (Å²) in [5.74, 6) is -1.42. The molecule has 3 rings (SSSR count). The molecule has 2 aromatic carbocycles. The lowest BCUT2D eigenvalue weighted by Gasteiger charge is -2.32. The summed E-state index contributed by atoms with van der Waals surface area (Å²) in [4.78, 5) is 27.8. The highest BCUT2D eigenvalue weighted by molar-refractivity contribution is 7.92. The fraction of sp³-hybridized carbons (Fsp3) is 0.462. The first-order valence-corrected chi connectivity index (χ1v) is 13.7. The first kappa shape index (κ1) is 26.7. The van der Waals surface area contributed by atoms with Crippen molar-refractivity contribution in [3.05, 3.63) is 65.0 Å². The van der Waals surface area contributed by atoms with Gasteiger partial charge in [-0.05, 0) is 62.9 Å². The standard InChI is InChI=1S/C26H34FN3O4S/c1-18-13-19(2)15-23(14-18)30(35(4,33)34)17-25(31)29(16-21-9-5-8-12-24(21)27)20(3)26(32)28-22-10-6-7-11-22/h5,8-9,12-15,20,22H,6-7,10-11,16-17H2,1-4H3,(H,28,32)/t20-/m1/s1. The van der Waals surface area contributed by atoms with E-state index in [1.54, 1.807) is 37.3 Å². The lowest BCUT2D eigenvalue weighted by Crippen LogP contribution is -2.52. The summed E-state index contributed by atoms with van der Waals surface area (Å²) < 4.78 is 40.8. The van der Waals surface area contributed by atoms with Crippen LogP contribution in [0.2, 0.25) is 0 Å². The number of benzene rings is 2. The van der Waals surface area contributed by atoms with Gasteiger partial charge in [0.25, 0.3) is 0 Å². The lowest BCUT2D eigenvalue weighted by atomic mass is 10.1. The van der Waals surface area contributed by atoms with E-state index in [1.165, 1.54) is 11.0 Å². The number of hydrogen-bond acceptors (Lipinski definition) is 4. The van der Waals surface area contributed by atoms with E-state index in [9.17, 15) is 22.4 Å². The van der Waals surface area contributed by atoms with E-state index in [0.29, 0.717) is 5.69 Å². The molecule has 1 N–H and O–H groups in total. The highest BCUT2D eigenvalue weighted by Crippen LogP contribution is 2.23. The van der Waals surface area contributed by atoms with Crippen molar-refractivity contribution in [1.82, 2.24) is 10.2 Å². The second-order valence-corrected chi connectivity index (χ2v) is 11.3. The maximum absolute atomic E-state index is 14.5. The third-order valence-corrected chi connectivity index (χ3v) is 7.48. The van der Waals surface area contributed by atoms with Gasteiger partial charge < -0.3 is 10.2 Å². The van der Waals surface area contributed by atoms with E-state index in [4.69, 9.17) is 0 Å². The normalized spacial score (nSPS) is 15.0. The van der Waals surface area contributed by atoms with Crippen molar-refractivity contribution in [3.63, 3.8) is 0 Å². The molecule has 0 unspecified atom stereocenters. The zero-order valence-corrected chi connectivity index (χ0v) is 21.6. The van der Waals surface area contributed by atoms with Crippen molar-refractivity contribution in [3.8, 4) is 0 Å². The summed E-state index contributed by atoms with van der Waals surface area (Å²) in [6.07, 6.45) is 4.88. The van der Waals surface area contributed by atoms with Gasteiger partial charge in [-0.15, -0.1) is 0 Å². The number of carbonyl (C=O) groups is 2. The maximum atomic E-state index is 14.5. The number of halogens is 1. The molecule has 0 spiro atoms. The monoisotopic (exact) mass is 503 g/mol. The van der Waals surface area contributed by atoms with Crippen LogP contribution in [-0.2, 0) is 26.2 Å². The molecule has 2 amide bonds. The Balaban J connectivity index is 1.91. The summed E-state index contributed by atoms with van der Waals surface area (Å²) in [5, 5.41) is 2.99. The SMILES string of the molecule is Cc1cc(C)cc(N(CC(=O)N(Cc2ccccc2F)[C@H](C)C(=O)NC2CCCC2)S(C)(=O)=O)c1. The van der Waals surface area contributed by atoms with Crippen LogP contribution >= 0.6 is 0 Å². The van der Waals surface area contributed by atoms with E-state index in [1.807, 2.05) is 19.9 Å². The Morgan fingerprint density at radius 1 is 1.09 bits per heavy atom. The molecule has 0 heterocycles. The molecule has 1 atom stereocenters. The molecule has 0 aromatic heterocycles. The Hall–Kier alpha value is -2.94. The number of hydrogen-bond donors (Lipinski definition) is 1. The summed E-state index contributed by atoms with van der Waals surface area (Å²) in [6.45, 7) is 4.62. The second kappa shape index (κ2) is 11.2. The predicted molar refractivity (Wildman–Crippen MR) is 135 cm³/mol. The fourth-order valence-electron chi connectivity index (χ4n) is 4.49. The van der Waals surface area contributed by atoms with Crippen LogP contribution in [0.25, 0.3) is 0 Å². The smallest absolute Gasteiger partial charge is 0.244 e. The third kappa shape index (κ3) is 7.04. The average molecular weight is 504 g/mol. The van der Waals surface area contributed by atoms with Gasteiger partial charge in [-0.25, -0.2) is 12.8 Å². The summed E-state index contributed by atoms with van der Waals surface area (Å²) in [6, 6.07) is 10.5. The van der Waals surface area contributed by atoms with Crippen LogP contribution in [0.3, 0.4) is 0 Å². The Bertz CT molecular complexity index is 1160. The predicted octanol–water partition coefficient (Wildman–Crippen LogP) is 3.68. The number of nitrogens with one attached hydrogen (secondary N) is 1. The van der Waals surface area contributed by atoms with Gasteiger partial charge >= 0.3 is 0 Å². The van der Waals surface area contributed by atoms with E-state index in [2.05, 4.69) is 5.32 Å². The first-order chi connectivity index (χ1) is 16.5. The molecule has 0 bridgehead atoms. The van der Waals surface area contributed by atoms with Crippen LogP contribution in [0.1, 0.15) is 49.3 Å². The highest BCUT2D eigenvalue weighted by Gasteiger charge is 2.31. The van der Waals surface area contributed by atoms with Crippen molar-refractivity contribution in [2.24, 2.45) is 0 Å². The number of amides is 2. The molecule has 1 aliphatic rings. The molecule has 1 aliphatic carbocycles. The topological polar surface area (TPSA) is 86.8 Å². The molecule has 35 heavy (non-hydrogen) atoms. The largest absolute Gasteiger partial charge is 0.352 e. The number of nitrogens with zero attached hydrogens (tertiary/aromatic N) is 2. The van der Waals surface area contributed by atoms with Crippen molar-refractivity contribution in [2.75, 3.05) is 17.1 Å². The van der Waals surface area contributed by atoms with Crippen LogP contribution in [0.4, 0.5) is 10.1 Å². The zero-order valence-electron chi connectivity index (χ0n) is 20.8. The Kier molecular flexibility index (Phi) is 8.53. The Labute approximate surface area is 207 Å². The van der Waals surface area contributed by atoms with E-state index < -0.39 is 34.3 Å². The van der Waals surface area contributed by atoms with Gasteiger partial charge in [-0.1, -0.05) is 37.1 Å². The Morgan fingerprint density at radius 3 is 2.26 bits per heavy atom. The van der Waals surface area contributed by atoms with Crippen LogP contribution in [0.5, 0.6) is 0 Å². The zero-order chi connectivity index (χ0) is 25.8. The van der Waals surface area contributed by atoms with Crippen molar-refractivity contribution < 1.29 is 22.4 Å². The van der Waals surface area contributed by atoms with Crippen molar-refractivity contribution in [1.29, 1.82) is 0 Å². The molecule has 7 nitrogen and oxygen atoms in total. The summed E-state index contributed by atoms with van der Waals surface area (Å²) in [7, 11) is -3.81. The lowest BCUT2D eigenvalue weighted by molar-refractivity contribution is -0.139. The van der Waals surface area contributed by atoms with E-state index >= 15 is 0 Å². The van der Waals surface area contributed by atoms with Gasteiger partial charge in [0, 0.05) is 18.2 Å². The summed E-state index contributed by atoms with van der Waals surface area (Å²) >= 11 is 0. The quantitative estimate of drug-likeness (QED) is 0.566. The molecule has 1 fully saturated rings. The van der Waals surface area contributed by atoms with Crippen molar-refractivity contribution in [2.45, 2.75) is 65.1 Å². The fourth-order valence-corrected chi connectivity index (χ4v) is 5.33. The van der Waals surface area contributed by atoms with Gasteiger partial charge in [0.05, 0.1) is 11.9 Å². The number of aryl methyl sites for hydroxylation is 2. The van der Waals surface area contributed by atoms with Gasteiger partial charge in [-0.2, -0.15) is 0 Å². The molecule has 0 aliphatic heterocycles. The molecular weight excluding hydrogens is 469 g/mol. The molecule has 0 saturated heterocycles. The third-order valence-electron chi connectivity index (χ3n) is 6.34. The van der Waals surface area contributed by atoms with Gasteiger partial charge in [0.15, 0.2) is 0 Å². The van der Waals surface area contributed by atoms with E-state index in [-0.39, 0.29) is 24.1 Å². The first-order valence-electron chi connectivity index (χ1n) is 11.8. The van der Waals surface area contributed by atoms with Gasteiger partial charge in [0.2, 0.25) is 21.8 Å². The van der Waals surface area contributed by atoms with Crippen LogP contribution < -0.4 is 9.62 Å². The highest BCUT2D eigenvalue weighted by atomic mass is 32.2. The molecular formula is C26H34FN3O4S. The minimum absolute atomic E-state index is 0.0538. The van der Waals surface area contributed by atoms with Gasteiger partial charge in [0.1, 0.15) is 18.4 Å². The summed E-state index contributed by atoms with van der Waals surface area (Å²) in [5.41, 5.74) is 2.33. The number of sulfonamides is 1. The minimum atomic E-state index is -3.81. The molecule has 190 valence electrons. The van der Waals surface area contributed by atoms with Crippen LogP contribution in [0.15, 0.2) is 42.5 Å². The van der Waals surface area contributed by atoms with Gasteiger partial charge in [-0.3, -0.25) is 13.9 Å². The molecule has 9 heteroatoms. The van der Waals surface area contributed by atoms with E-state index in [0.717, 1.165) is 47.4 Å². The number of rotatable bonds is 9. The molecule has 2 aromatic rings. The number of anilines is 1. The van der Waals surface area contributed by atoms with Crippen molar-refractivity contribution >= 4 is 27.5 Å². The Morgan fingerprint density at radius 2 is 1.69 bits per heavy atom. The maximum Gasteiger partial charge on any atom is 0.244 e. The number of carbonyl (C=O) groups excluding carboxylic acids is 2. The second-order valence-electron chi connectivity index (χ2n) is 9.39. The van der Waals surface area contributed by atoms with Crippen LogP contribution in [0, 0.1) is 19.7 Å². The molecule has 0 radical (unpaired) electrons. The van der Waals surface area contributed by atoms with Crippen LogP contribution in [-0.4, -0.2) is 50.0 Å².